The van der Waals surface area contributed by atoms with Crippen molar-refractivity contribution in [2.75, 3.05) is 74.8 Å². The van der Waals surface area contributed by atoms with Crippen molar-refractivity contribution in [1.82, 2.24) is 0 Å². The van der Waals surface area contributed by atoms with Gasteiger partial charge in [0.05, 0.1) is 35.3 Å². The van der Waals surface area contributed by atoms with Gasteiger partial charge in [0, 0.05) is 76.5 Å². The van der Waals surface area contributed by atoms with Gasteiger partial charge in [-0.3, -0.25) is 19.6 Å². The van der Waals surface area contributed by atoms with Gasteiger partial charge in [-0.25, -0.2) is 0 Å². The van der Waals surface area contributed by atoms with Crippen LogP contribution in [0.2, 0.25) is 0 Å². The van der Waals surface area contributed by atoms with Crippen molar-refractivity contribution in [2.45, 2.75) is 0 Å². The minimum Gasteiger partial charge on any atom is -0.507 e. The first-order valence-electron chi connectivity index (χ1n) is 15.0. The van der Waals surface area contributed by atoms with Gasteiger partial charge in [-0.05, 0) is 59.7 Å². The van der Waals surface area contributed by atoms with Crippen LogP contribution in [0.15, 0.2) is 82.8 Å². The third-order valence-corrected chi connectivity index (χ3v) is 7.69. The molecule has 1 aliphatic rings. The largest absolute Gasteiger partial charge is 0.507 e. The number of fused-ring (bicyclic) bond motifs is 2. The number of ketones is 2. The number of carbonyl (C=O) groups is 2. The van der Waals surface area contributed by atoms with Crippen LogP contribution < -0.4 is 20.4 Å². The van der Waals surface area contributed by atoms with E-state index >= 15 is 0 Å². The van der Waals surface area contributed by atoms with Gasteiger partial charge in [0.1, 0.15) is 11.5 Å². The number of rotatable bonds is 12. The first-order valence-corrected chi connectivity index (χ1v) is 15.0. The van der Waals surface area contributed by atoms with Crippen molar-refractivity contribution in [1.29, 1.82) is 0 Å². The van der Waals surface area contributed by atoms with Gasteiger partial charge >= 0.3 is 0 Å². The molecule has 0 bridgehead atoms. The zero-order chi connectivity index (χ0) is 32.8. The van der Waals surface area contributed by atoms with Crippen LogP contribution in [0.25, 0.3) is 0 Å². The minimum atomic E-state index is -0.548. The van der Waals surface area contributed by atoms with E-state index in [4.69, 9.17) is 0 Å². The number of phenols is 2. The smallest absolute Gasteiger partial charge is 0.200 e. The fourth-order valence-electron chi connectivity index (χ4n) is 5.23. The standard InChI is InChI=1S/C36H38N6O4/c1-41(2)25-9-5-23(6-10-25)21-37-17-19-39-27-13-14-28(40-20-18-38-22-24-7-11-26(12-8-24)42(3)4)32-31(27)35(45)33-29(43)15-16-30(44)34(33)36(32)46/h5-16,21-22,39-40,43-44H,17-20H2,1-4H3/b37-21+,38-22+. The Bertz CT molecular complexity index is 1660. The normalized spacial score (nSPS) is 12.3. The van der Waals surface area contributed by atoms with E-state index in [1.54, 1.807) is 24.6 Å². The predicted octanol–water partition coefficient (Wildman–Crippen LogP) is 5.07. The van der Waals surface area contributed by atoms with Crippen LogP contribution in [-0.2, 0) is 0 Å². The molecule has 46 heavy (non-hydrogen) atoms. The van der Waals surface area contributed by atoms with E-state index in [0.717, 1.165) is 22.5 Å². The molecule has 10 nitrogen and oxygen atoms in total. The first-order chi connectivity index (χ1) is 22.2. The Morgan fingerprint density at radius 2 is 0.935 bits per heavy atom. The second kappa shape index (κ2) is 14.0. The molecule has 4 aromatic carbocycles. The van der Waals surface area contributed by atoms with Crippen LogP contribution in [0.3, 0.4) is 0 Å². The summed E-state index contributed by atoms with van der Waals surface area (Å²) >= 11 is 0. The van der Waals surface area contributed by atoms with Gasteiger partial charge in [-0.1, -0.05) is 24.3 Å². The molecular formula is C36H38N6O4. The number of hydrogen-bond acceptors (Lipinski definition) is 10. The zero-order valence-corrected chi connectivity index (χ0v) is 26.4. The van der Waals surface area contributed by atoms with Crippen molar-refractivity contribution in [3.8, 4) is 11.5 Å². The lowest BCUT2D eigenvalue weighted by atomic mass is 9.81. The van der Waals surface area contributed by atoms with Gasteiger partial charge in [0.2, 0.25) is 11.6 Å². The Morgan fingerprint density at radius 1 is 0.565 bits per heavy atom. The molecule has 1 aliphatic carbocycles. The molecule has 0 saturated heterocycles. The molecular weight excluding hydrogens is 580 g/mol. The highest BCUT2D eigenvalue weighted by atomic mass is 16.3. The number of aromatic hydroxyl groups is 2. The van der Waals surface area contributed by atoms with Gasteiger partial charge in [0.15, 0.2) is 0 Å². The zero-order valence-electron chi connectivity index (χ0n) is 26.4. The van der Waals surface area contributed by atoms with Crippen LogP contribution in [0.1, 0.15) is 43.0 Å². The minimum absolute atomic E-state index is 0.135. The van der Waals surface area contributed by atoms with E-state index in [1.165, 1.54) is 12.1 Å². The summed E-state index contributed by atoms with van der Waals surface area (Å²) in [5, 5.41) is 27.5. The molecule has 0 atom stereocenters. The fraction of sp³-hybridized carbons (Fsp3) is 0.222. The number of carbonyl (C=O) groups excluding carboxylic acids is 2. The maximum absolute atomic E-state index is 13.8. The van der Waals surface area contributed by atoms with E-state index in [1.807, 2.05) is 86.5 Å². The van der Waals surface area contributed by atoms with E-state index in [9.17, 15) is 19.8 Å². The van der Waals surface area contributed by atoms with E-state index in [-0.39, 0.29) is 33.8 Å². The van der Waals surface area contributed by atoms with Crippen molar-refractivity contribution in [3.05, 3.63) is 106 Å². The molecule has 4 N–H and O–H groups in total. The molecule has 0 radical (unpaired) electrons. The summed E-state index contributed by atoms with van der Waals surface area (Å²) < 4.78 is 0. The molecule has 0 fully saturated rings. The summed E-state index contributed by atoms with van der Waals surface area (Å²) in [5.74, 6) is -1.82. The number of phenolic OH excluding ortho intramolecular Hbond substituents is 2. The molecule has 0 unspecified atom stereocenters. The van der Waals surface area contributed by atoms with Crippen molar-refractivity contribution in [2.24, 2.45) is 9.98 Å². The quantitative estimate of drug-likeness (QED) is 0.0867. The number of nitrogens with one attached hydrogen (secondary N) is 2. The average molecular weight is 619 g/mol. The second-order valence-corrected chi connectivity index (χ2v) is 11.3. The second-order valence-electron chi connectivity index (χ2n) is 11.3. The monoisotopic (exact) mass is 618 g/mol. The van der Waals surface area contributed by atoms with Gasteiger partial charge in [0.25, 0.3) is 0 Å². The summed E-state index contributed by atoms with van der Waals surface area (Å²) in [6, 6.07) is 21.9. The molecule has 0 amide bonds. The van der Waals surface area contributed by atoms with Crippen molar-refractivity contribution >= 4 is 46.7 Å². The van der Waals surface area contributed by atoms with Crippen LogP contribution in [0.4, 0.5) is 22.7 Å². The lowest BCUT2D eigenvalue weighted by Crippen LogP contribution is -2.25. The van der Waals surface area contributed by atoms with E-state index < -0.39 is 11.6 Å². The summed E-state index contributed by atoms with van der Waals surface area (Å²) in [6.45, 7) is 1.64. The molecule has 10 heteroatoms. The van der Waals surface area contributed by atoms with Crippen LogP contribution in [0, 0.1) is 0 Å². The van der Waals surface area contributed by atoms with Gasteiger partial charge in [-0.15, -0.1) is 0 Å². The number of benzene rings is 4. The van der Waals surface area contributed by atoms with Crippen LogP contribution in [0.5, 0.6) is 11.5 Å². The molecule has 5 rings (SSSR count). The van der Waals surface area contributed by atoms with E-state index in [0.29, 0.717) is 37.6 Å². The Hall–Kier alpha value is -5.64. The Morgan fingerprint density at radius 3 is 1.28 bits per heavy atom. The summed E-state index contributed by atoms with van der Waals surface area (Å²) in [6.07, 6.45) is 3.58. The SMILES string of the molecule is CN(C)c1ccc(/C=N/CCNc2ccc(NCC/N=C/c3ccc(N(C)C)cc3)c3c2C(=O)c2c(O)ccc(O)c2C3=O)cc1. The van der Waals surface area contributed by atoms with Crippen molar-refractivity contribution in [3.63, 3.8) is 0 Å². The van der Waals surface area contributed by atoms with Crippen LogP contribution in [-0.4, -0.2) is 88.6 Å². The molecule has 4 aromatic rings. The summed E-state index contributed by atoms with van der Waals surface area (Å²) in [4.78, 5) is 40.6. The third kappa shape index (κ3) is 6.86. The highest BCUT2D eigenvalue weighted by Crippen LogP contribution is 2.42. The molecule has 0 saturated carbocycles. The number of anilines is 4. The Labute approximate surface area is 268 Å². The molecule has 0 aliphatic heterocycles. The topological polar surface area (TPSA) is 130 Å². The molecule has 0 spiro atoms. The first kappa shape index (κ1) is 31.8. The van der Waals surface area contributed by atoms with E-state index in [2.05, 4.69) is 20.6 Å². The maximum Gasteiger partial charge on any atom is 0.200 e. The molecule has 236 valence electrons. The highest BCUT2D eigenvalue weighted by molar-refractivity contribution is 6.33. The van der Waals surface area contributed by atoms with Crippen LogP contribution >= 0.6 is 0 Å². The number of nitrogens with zero attached hydrogens (tertiary/aromatic N) is 4. The molecule has 0 aromatic heterocycles. The van der Waals surface area contributed by atoms with Gasteiger partial charge < -0.3 is 30.6 Å². The Balaban J connectivity index is 1.32. The highest BCUT2D eigenvalue weighted by Gasteiger charge is 2.37. The number of aliphatic imine (C=N–C) groups is 2. The maximum atomic E-state index is 13.8. The number of hydrogen-bond donors (Lipinski definition) is 4. The third-order valence-electron chi connectivity index (χ3n) is 7.69. The van der Waals surface area contributed by atoms with Crippen molar-refractivity contribution < 1.29 is 19.8 Å². The predicted molar refractivity (Wildman–Crippen MR) is 187 cm³/mol. The Kier molecular flexibility index (Phi) is 9.66. The lowest BCUT2D eigenvalue weighted by molar-refractivity contribution is 0.0975. The lowest BCUT2D eigenvalue weighted by Gasteiger charge is -2.24. The average Bonchev–Trinajstić information content (AvgIpc) is 3.04. The summed E-state index contributed by atoms with van der Waals surface area (Å²) in [5.41, 5.74) is 4.88. The van der Waals surface area contributed by atoms with Gasteiger partial charge in [-0.2, -0.15) is 0 Å². The summed E-state index contributed by atoms with van der Waals surface area (Å²) in [7, 11) is 7.94. The molecule has 0 heterocycles. The fourth-order valence-corrected chi connectivity index (χ4v) is 5.23.